The first-order valence-corrected chi connectivity index (χ1v) is 6.71. The van der Waals surface area contributed by atoms with Gasteiger partial charge in [0.05, 0.1) is 0 Å². The Morgan fingerprint density at radius 3 is 2.44 bits per heavy atom. The normalized spacial score (nSPS) is 19.3. The maximum Gasteiger partial charge on any atom is 0.0342 e. The van der Waals surface area contributed by atoms with Crippen molar-refractivity contribution in [2.24, 2.45) is 5.92 Å². The second kappa shape index (κ2) is 5.93. The van der Waals surface area contributed by atoms with Gasteiger partial charge in [-0.1, -0.05) is 44.4 Å². The Morgan fingerprint density at radius 1 is 1.12 bits per heavy atom. The average molecular weight is 217 g/mol. The van der Waals surface area contributed by atoms with Crippen molar-refractivity contribution in [3.63, 3.8) is 0 Å². The number of para-hydroxylation sites is 1. The molecule has 0 bridgehead atoms. The number of anilines is 1. The minimum atomic E-state index is 0.669. The Bertz CT molecular complexity index is 288. The molecular formula is C15H23N. The Labute approximate surface area is 99.3 Å². The van der Waals surface area contributed by atoms with Gasteiger partial charge in [0.25, 0.3) is 0 Å². The second-order valence-corrected chi connectivity index (χ2v) is 4.92. The van der Waals surface area contributed by atoms with E-state index in [4.69, 9.17) is 0 Å². The number of rotatable bonds is 4. The predicted octanol–water partition coefficient (Wildman–Crippen LogP) is 4.46. The van der Waals surface area contributed by atoms with Crippen molar-refractivity contribution in [3.8, 4) is 0 Å². The average Bonchev–Trinajstić information content (AvgIpc) is 2.38. The maximum atomic E-state index is 3.70. The van der Waals surface area contributed by atoms with Crippen LogP contribution in [0.15, 0.2) is 30.3 Å². The Kier molecular flexibility index (Phi) is 4.26. The lowest BCUT2D eigenvalue weighted by Gasteiger charge is -2.31. The summed E-state index contributed by atoms with van der Waals surface area (Å²) in [6, 6.07) is 11.3. The van der Waals surface area contributed by atoms with Crippen LogP contribution >= 0.6 is 0 Å². The van der Waals surface area contributed by atoms with Gasteiger partial charge in [-0.2, -0.15) is 0 Å². The highest BCUT2D eigenvalue weighted by Crippen LogP contribution is 2.29. The van der Waals surface area contributed by atoms with E-state index in [0.29, 0.717) is 6.04 Å². The van der Waals surface area contributed by atoms with Crippen molar-refractivity contribution < 1.29 is 0 Å². The standard InChI is InChI=1S/C15H23N/c1-2-15(13-9-5-3-6-10-13)16-14-11-7-4-8-12-14/h4,7-8,11-13,15-16H,2-3,5-6,9-10H2,1H3. The Hall–Kier alpha value is -0.980. The first-order valence-electron chi connectivity index (χ1n) is 6.71. The third-order valence-corrected chi connectivity index (χ3v) is 3.78. The van der Waals surface area contributed by atoms with E-state index in [1.165, 1.54) is 44.2 Å². The summed E-state index contributed by atoms with van der Waals surface area (Å²) in [6.07, 6.45) is 8.36. The minimum absolute atomic E-state index is 0.669. The lowest BCUT2D eigenvalue weighted by Crippen LogP contribution is -2.30. The molecule has 1 saturated carbocycles. The van der Waals surface area contributed by atoms with E-state index in [9.17, 15) is 0 Å². The molecule has 1 aromatic rings. The van der Waals surface area contributed by atoms with Gasteiger partial charge in [0, 0.05) is 11.7 Å². The van der Waals surface area contributed by atoms with Crippen molar-refractivity contribution in [1.29, 1.82) is 0 Å². The molecule has 1 aliphatic carbocycles. The molecule has 1 fully saturated rings. The van der Waals surface area contributed by atoms with Crippen molar-refractivity contribution in [2.75, 3.05) is 5.32 Å². The molecule has 0 spiro atoms. The Morgan fingerprint density at radius 2 is 1.81 bits per heavy atom. The predicted molar refractivity (Wildman–Crippen MR) is 70.7 cm³/mol. The van der Waals surface area contributed by atoms with Crippen molar-refractivity contribution in [2.45, 2.75) is 51.5 Å². The molecule has 0 amide bonds. The molecule has 2 rings (SSSR count). The van der Waals surface area contributed by atoms with Crippen LogP contribution in [-0.4, -0.2) is 6.04 Å². The molecule has 88 valence electrons. The van der Waals surface area contributed by atoms with E-state index in [1.54, 1.807) is 0 Å². The lowest BCUT2D eigenvalue weighted by atomic mass is 9.83. The van der Waals surface area contributed by atoms with Gasteiger partial charge in [0.2, 0.25) is 0 Å². The van der Waals surface area contributed by atoms with E-state index < -0.39 is 0 Å². The van der Waals surface area contributed by atoms with Crippen molar-refractivity contribution >= 4 is 5.69 Å². The van der Waals surface area contributed by atoms with Crippen LogP contribution in [0.5, 0.6) is 0 Å². The van der Waals surface area contributed by atoms with E-state index in [0.717, 1.165) is 5.92 Å². The van der Waals surface area contributed by atoms with Gasteiger partial charge in [-0.15, -0.1) is 0 Å². The van der Waals surface area contributed by atoms with E-state index in [2.05, 4.69) is 42.6 Å². The van der Waals surface area contributed by atoms with Gasteiger partial charge in [-0.3, -0.25) is 0 Å². The number of nitrogens with one attached hydrogen (secondary N) is 1. The smallest absolute Gasteiger partial charge is 0.0342 e. The second-order valence-electron chi connectivity index (χ2n) is 4.92. The third-order valence-electron chi connectivity index (χ3n) is 3.78. The highest BCUT2D eigenvalue weighted by molar-refractivity contribution is 5.43. The van der Waals surface area contributed by atoms with Crippen LogP contribution < -0.4 is 5.32 Å². The van der Waals surface area contributed by atoms with Gasteiger partial charge < -0.3 is 5.32 Å². The fourth-order valence-corrected chi connectivity index (χ4v) is 2.84. The first-order chi connectivity index (χ1) is 7.90. The summed E-state index contributed by atoms with van der Waals surface area (Å²) in [5.41, 5.74) is 1.28. The van der Waals surface area contributed by atoms with Crippen LogP contribution in [0.1, 0.15) is 45.4 Å². The molecular weight excluding hydrogens is 194 g/mol. The molecule has 1 heteroatoms. The fourth-order valence-electron chi connectivity index (χ4n) is 2.84. The number of hydrogen-bond acceptors (Lipinski definition) is 1. The summed E-state index contributed by atoms with van der Waals surface area (Å²) < 4.78 is 0. The molecule has 1 atom stereocenters. The van der Waals surface area contributed by atoms with Gasteiger partial charge in [-0.05, 0) is 37.3 Å². The molecule has 0 radical (unpaired) electrons. The third kappa shape index (κ3) is 3.01. The fraction of sp³-hybridized carbons (Fsp3) is 0.600. The van der Waals surface area contributed by atoms with E-state index >= 15 is 0 Å². The zero-order valence-electron chi connectivity index (χ0n) is 10.3. The molecule has 16 heavy (non-hydrogen) atoms. The van der Waals surface area contributed by atoms with Crippen LogP contribution in [0.25, 0.3) is 0 Å². The summed E-state index contributed by atoms with van der Waals surface area (Å²) in [4.78, 5) is 0. The van der Waals surface area contributed by atoms with Gasteiger partial charge in [0.1, 0.15) is 0 Å². The molecule has 1 nitrogen and oxygen atoms in total. The summed E-state index contributed by atoms with van der Waals surface area (Å²) in [5, 5.41) is 3.70. The Balaban J connectivity index is 1.94. The van der Waals surface area contributed by atoms with E-state index in [1.807, 2.05) is 0 Å². The number of hydrogen-bond donors (Lipinski definition) is 1. The lowest BCUT2D eigenvalue weighted by molar-refractivity contribution is 0.313. The molecule has 1 aromatic carbocycles. The highest BCUT2D eigenvalue weighted by Gasteiger charge is 2.21. The maximum absolute atomic E-state index is 3.70. The highest BCUT2D eigenvalue weighted by atomic mass is 14.9. The monoisotopic (exact) mass is 217 g/mol. The minimum Gasteiger partial charge on any atom is -0.382 e. The molecule has 0 heterocycles. The van der Waals surface area contributed by atoms with Crippen LogP contribution in [0, 0.1) is 5.92 Å². The van der Waals surface area contributed by atoms with Crippen LogP contribution in [0.3, 0.4) is 0 Å². The zero-order chi connectivity index (χ0) is 11.2. The SMILES string of the molecule is CCC(Nc1ccccc1)C1CCCCC1. The van der Waals surface area contributed by atoms with Crippen LogP contribution in [-0.2, 0) is 0 Å². The van der Waals surface area contributed by atoms with Gasteiger partial charge in [-0.25, -0.2) is 0 Å². The van der Waals surface area contributed by atoms with Gasteiger partial charge in [0.15, 0.2) is 0 Å². The largest absolute Gasteiger partial charge is 0.382 e. The first kappa shape index (κ1) is 11.5. The molecule has 1 N–H and O–H groups in total. The molecule has 1 aliphatic rings. The summed E-state index contributed by atoms with van der Waals surface area (Å²) in [6.45, 7) is 2.30. The van der Waals surface area contributed by atoms with E-state index in [-0.39, 0.29) is 0 Å². The van der Waals surface area contributed by atoms with Crippen LogP contribution in [0.4, 0.5) is 5.69 Å². The zero-order valence-corrected chi connectivity index (χ0v) is 10.3. The molecule has 0 saturated heterocycles. The van der Waals surface area contributed by atoms with Crippen LogP contribution in [0.2, 0.25) is 0 Å². The summed E-state index contributed by atoms with van der Waals surface area (Å²) in [7, 11) is 0. The summed E-state index contributed by atoms with van der Waals surface area (Å²) >= 11 is 0. The molecule has 0 aromatic heterocycles. The van der Waals surface area contributed by atoms with Crippen molar-refractivity contribution in [1.82, 2.24) is 0 Å². The summed E-state index contributed by atoms with van der Waals surface area (Å²) in [5.74, 6) is 0.888. The van der Waals surface area contributed by atoms with Crippen molar-refractivity contribution in [3.05, 3.63) is 30.3 Å². The molecule has 0 aliphatic heterocycles. The number of benzene rings is 1. The quantitative estimate of drug-likeness (QED) is 0.785. The molecule has 1 unspecified atom stereocenters. The van der Waals surface area contributed by atoms with Gasteiger partial charge >= 0.3 is 0 Å². The topological polar surface area (TPSA) is 12.0 Å².